The van der Waals surface area contributed by atoms with Crippen molar-refractivity contribution in [3.8, 4) is 0 Å². The van der Waals surface area contributed by atoms with Crippen molar-refractivity contribution in [1.82, 2.24) is 4.90 Å². The Kier molecular flexibility index (Phi) is 8.82. The fourth-order valence-electron chi connectivity index (χ4n) is 0.850. The number of imide groups is 1. The van der Waals surface area contributed by atoms with Gasteiger partial charge in [-0.2, -0.15) is 0 Å². The van der Waals surface area contributed by atoms with Crippen LogP contribution in [0.2, 0.25) is 0 Å². The van der Waals surface area contributed by atoms with Crippen LogP contribution in [0.25, 0.3) is 0 Å². The van der Waals surface area contributed by atoms with E-state index in [1.807, 2.05) is 0 Å². The van der Waals surface area contributed by atoms with Crippen LogP contribution in [0, 0.1) is 0 Å². The van der Waals surface area contributed by atoms with Gasteiger partial charge in [0.25, 0.3) is 0 Å². The SMILES string of the molecule is CC(=O)[O-].O=C(O)N1CCCC1=O.[Na+]. The molecule has 6 nitrogen and oxygen atoms in total. The molecule has 1 fully saturated rings. The molecule has 0 aliphatic carbocycles. The minimum absolute atomic E-state index is 0. The van der Waals surface area contributed by atoms with Gasteiger partial charge in [-0.05, 0) is 13.3 Å². The number of hydrogen-bond acceptors (Lipinski definition) is 4. The third-order valence-electron chi connectivity index (χ3n) is 1.30. The van der Waals surface area contributed by atoms with Crippen molar-refractivity contribution in [3.63, 3.8) is 0 Å². The minimum Gasteiger partial charge on any atom is -0.550 e. The van der Waals surface area contributed by atoms with E-state index in [1.54, 1.807) is 0 Å². The van der Waals surface area contributed by atoms with Crippen LogP contribution in [0.15, 0.2) is 0 Å². The summed E-state index contributed by atoms with van der Waals surface area (Å²) in [4.78, 5) is 30.4. The largest absolute Gasteiger partial charge is 1.00 e. The second-order valence-electron chi connectivity index (χ2n) is 2.42. The van der Waals surface area contributed by atoms with Gasteiger partial charge in [-0.3, -0.25) is 4.79 Å². The minimum atomic E-state index is -1.13. The number of carbonyl (C=O) groups is 3. The first-order valence-corrected chi connectivity index (χ1v) is 3.66. The first kappa shape index (κ1) is 15.9. The van der Waals surface area contributed by atoms with Crippen molar-refractivity contribution in [2.45, 2.75) is 19.8 Å². The van der Waals surface area contributed by atoms with Crippen LogP contribution in [-0.4, -0.2) is 34.5 Å². The number of hydrogen-bond donors (Lipinski definition) is 1. The molecular weight excluding hydrogens is 201 g/mol. The zero-order chi connectivity index (χ0) is 10.4. The standard InChI is InChI=1S/C5H7NO3.C2H4O2.Na/c7-4-2-1-3-6(4)5(8)9;1-2(3)4;/h1-3H2,(H,8,9);1H3,(H,3,4);/q;;+1/p-1. The number of aliphatic carboxylic acids is 1. The summed E-state index contributed by atoms with van der Waals surface area (Å²) in [5, 5.41) is 17.2. The summed E-state index contributed by atoms with van der Waals surface area (Å²) in [5.74, 6) is -1.36. The normalized spacial score (nSPS) is 13.8. The van der Waals surface area contributed by atoms with Gasteiger partial charge in [0, 0.05) is 18.9 Å². The van der Waals surface area contributed by atoms with E-state index >= 15 is 0 Å². The molecule has 1 saturated heterocycles. The van der Waals surface area contributed by atoms with Gasteiger partial charge in [0.1, 0.15) is 0 Å². The molecular formula is C7H10NNaO5. The maximum Gasteiger partial charge on any atom is 1.00 e. The second-order valence-corrected chi connectivity index (χ2v) is 2.42. The van der Waals surface area contributed by atoms with Crippen molar-refractivity contribution in [2.75, 3.05) is 6.54 Å². The van der Waals surface area contributed by atoms with Crippen LogP contribution in [0.5, 0.6) is 0 Å². The summed E-state index contributed by atoms with van der Waals surface area (Å²) in [6.45, 7) is 1.34. The van der Waals surface area contributed by atoms with Gasteiger partial charge in [0.05, 0.1) is 0 Å². The molecule has 14 heavy (non-hydrogen) atoms. The number of carboxylic acid groups (broad SMARTS) is 2. The maximum atomic E-state index is 10.6. The Hall–Kier alpha value is -0.590. The molecule has 1 heterocycles. The summed E-state index contributed by atoms with van der Waals surface area (Å²) >= 11 is 0. The molecule has 1 aliphatic rings. The van der Waals surface area contributed by atoms with E-state index in [9.17, 15) is 9.59 Å². The zero-order valence-electron chi connectivity index (χ0n) is 8.15. The Morgan fingerprint density at radius 3 is 2.07 bits per heavy atom. The van der Waals surface area contributed by atoms with E-state index in [0.29, 0.717) is 19.4 Å². The quantitative estimate of drug-likeness (QED) is 0.412. The Balaban J connectivity index is 0. The monoisotopic (exact) mass is 211 g/mol. The smallest absolute Gasteiger partial charge is 0.550 e. The molecule has 0 spiro atoms. The number of nitrogens with zero attached hydrogens (tertiary/aromatic N) is 1. The van der Waals surface area contributed by atoms with E-state index in [4.69, 9.17) is 15.0 Å². The average molecular weight is 211 g/mol. The van der Waals surface area contributed by atoms with Gasteiger partial charge in [0.15, 0.2) is 0 Å². The van der Waals surface area contributed by atoms with Crippen molar-refractivity contribution in [1.29, 1.82) is 0 Å². The molecule has 2 amide bonds. The number of carbonyl (C=O) groups excluding carboxylic acids is 2. The third kappa shape index (κ3) is 6.88. The topological polar surface area (TPSA) is 97.7 Å². The van der Waals surface area contributed by atoms with Crippen LogP contribution in [0.4, 0.5) is 4.79 Å². The molecule has 74 valence electrons. The van der Waals surface area contributed by atoms with Crippen molar-refractivity contribution in [2.24, 2.45) is 0 Å². The number of amides is 2. The molecule has 1 N–H and O–H groups in total. The molecule has 0 aromatic rings. The van der Waals surface area contributed by atoms with E-state index in [2.05, 4.69) is 0 Å². The first-order chi connectivity index (χ1) is 5.95. The van der Waals surface area contributed by atoms with Crippen LogP contribution in [0.3, 0.4) is 0 Å². The van der Waals surface area contributed by atoms with Crippen LogP contribution in [0.1, 0.15) is 19.8 Å². The first-order valence-electron chi connectivity index (χ1n) is 3.66. The van der Waals surface area contributed by atoms with E-state index in [0.717, 1.165) is 11.8 Å². The average Bonchev–Trinajstić information content (AvgIpc) is 2.33. The molecule has 1 aliphatic heterocycles. The second kappa shape index (κ2) is 7.78. The molecule has 0 bridgehead atoms. The molecule has 7 heteroatoms. The van der Waals surface area contributed by atoms with Crippen LogP contribution < -0.4 is 34.7 Å². The molecule has 0 aromatic heterocycles. The van der Waals surface area contributed by atoms with Crippen LogP contribution in [-0.2, 0) is 9.59 Å². The Morgan fingerprint density at radius 2 is 1.93 bits per heavy atom. The van der Waals surface area contributed by atoms with Crippen LogP contribution >= 0.6 is 0 Å². The van der Waals surface area contributed by atoms with E-state index in [1.165, 1.54) is 0 Å². The van der Waals surface area contributed by atoms with Crippen molar-refractivity contribution >= 4 is 18.0 Å². The maximum absolute atomic E-state index is 10.6. The Bertz CT molecular complexity index is 226. The Labute approximate surface area is 103 Å². The molecule has 1 rings (SSSR count). The van der Waals surface area contributed by atoms with Gasteiger partial charge in [-0.25, -0.2) is 9.69 Å². The molecule has 0 atom stereocenters. The molecule has 0 radical (unpaired) electrons. The predicted octanol–water partition coefficient (Wildman–Crippen LogP) is -3.95. The third-order valence-corrected chi connectivity index (χ3v) is 1.30. The number of rotatable bonds is 0. The van der Waals surface area contributed by atoms with Gasteiger partial charge in [0.2, 0.25) is 5.91 Å². The number of likely N-dealkylation sites (tertiary alicyclic amines) is 1. The van der Waals surface area contributed by atoms with Gasteiger partial charge >= 0.3 is 35.7 Å². The fraction of sp³-hybridized carbons (Fsp3) is 0.571. The predicted molar refractivity (Wildman–Crippen MR) is 39.7 cm³/mol. The summed E-state index contributed by atoms with van der Waals surface area (Å²) in [6.07, 6.45) is -0.0743. The van der Waals surface area contributed by atoms with Crippen molar-refractivity contribution < 1.29 is 54.2 Å². The zero-order valence-corrected chi connectivity index (χ0v) is 10.1. The summed E-state index contributed by atoms with van der Waals surface area (Å²) < 4.78 is 0. The number of carboxylic acids is 1. The van der Waals surface area contributed by atoms with E-state index in [-0.39, 0.29) is 35.5 Å². The summed E-state index contributed by atoms with van der Waals surface area (Å²) in [5.41, 5.74) is 0. The fourth-order valence-corrected chi connectivity index (χ4v) is 0.850. The molecule has 0 saturated carbocycles. The summed E-state index contributed by atoms with van der Waals surface area (Å²) in [6, 6.07) is 0. The van der Waals surface area contributed by atoms with Crippen molar-refractivity contribution in [3.05, 3.63) is 0 Å². The summed E-state index contributed by atoms with van der Waals surface area (Å²) in [7, 11) is 0. The Morgan fingerprint density at radius 1 is 1.50 bits per heavy atom. The van der Waals surface area contributed by atoms with Gasteiger partial charge < -0.3 is 15.0 Å². The van der Waals surface area contributed by atoms with Gasteiger partial charge in [-0.1, -0.05) is 0 Å². The molecule has 0 aromatic carbocycles. The molecule has 0 unspecified atom stereocenters. The van der Waals surface area contributed by atoms with E-state index < -0.39 is 12.1 Å². The van der Waals surface area contributed by atoms with Gasteiger partial charge in [-0.15, -0.1) is 0 Å².